The molecule has 0 spiro atoms. The Kier molecular flexibility index (Phi) is 3.53. The van der Waals surface area contributed by atoms with Gasteiger partial charge in [0.05, 0.1) is 16.6 Å². The fourth-order valence-corrected chi connectivity index (χ4v) is 5.25. The van der Waals surface area contributed by atoms with Crippen molar-refractivity contribution in [1.29, 1.82) is 0 Å². The molecule has 2 heterocycles. The predicted octanol–water partition coefficient (Wildman–Crippen LogP) is 1.70. The molecule has 2 aliphatic rings. The van der Waals surface area contributed by atoms with Crippen LogP contribution in [0.3, 0.4) is 0 Å². The summed E-state index contributed by atoms with van der Waals surface area (Å²) in [6.45, 7) is 2.63. The average molecular weight is 309 g/mol. The van der Waals surface area contributed by atoms with Gasteiger partial charge in [-0.05, 0) is 37.9 Å². The highest BCUT2D eigenvalue weighted by molar-refractivity contribution is 7.91. The Morgan fingerprint density at radius 2 is 2.00 bits per heavy atom. The van der Waals surface area contributed by atoms with Crippen molar-refractivity contribution >= 4 is 15.8 Å². The fourth-order valence-electron chi connectivity index (χ4n) is 3.65. The summed E-state index contributed by atoms with van der Waals surface area (Å²) in [6, 6.07) is 7.04. The number of rotatable bonds is 2. The van der Waals surface area contributed by atoms with Gasteiger partial charge in [0.15, 0.2) is 9.84 Å². The number of carboxylic acids is 1. The van der Waals surface area contributed by atoms with Crippen LogP contribution in [0.1, 0.15) is 31.4 Å². The van der Waals surface area contributed by atoms with Crippen LogP contribution in [-0.4, -0.2) is 42.7 Å². The van der Waals surface area contributed by atoms with E-state index >= 15 is 0 Å². The number of hydrogen-bond acceptors (Lipinski definition) is 4. The van der Waals surface area contributed by atoms with E-state index in [-0.39, 0.29) is 23.8 Å². The molecular formula is C15H19NO4S. The minimum absolute atomic E-state index is 0.00377. The molecule has 0 aliphatic carbocycles. The standard InChI is InChI=1S/C15H19NO4S/c1-10-11(15(17)18)6-8-16(10)13-7-9-21(19,20)14-5-3-2-4-12(13)14/h2-5,10-11,13H,6-9H2,1H3,(H,17,18). The second-order valence-corrected chi connectivity index (χ2v) is 7.95. The monoisotopic (exact) mass is 309 g/mol. The zero-order valence-corrected chi connectivity index (χ0v) is 12.7. The number of carbonyl (C=O) groups is 1. The highest BCUT2D eigenvalue weighted by Crippen LogP contribution is 2.40. The number of nitrogens with zero attached hydrogens (tertiary/aromatic N) is 1. The Morgan fingerprint density at radius 3 is 2.67 bits per heavy atom. The summed E-state index contributed by atoms with van der Waals surface area (Å²) in [5.74, 6) is -0.993. The van der Waals surface area contributed by atoms with Crippen LogP contribution in [0.5, 0.6) is 0 Å². The van der Waals surface area contributed by atoms with Gasteiger partial charge in [0.1, 0.15) is 0 Å². The first-order valence-corrected chi connectivity index (χ1v) is 8.87. The molecule has 1 aromatic carbocycles. The SMILES string of the molecule is CC1C(C(=O)O)CCN1C1CCS(=O)(=O)c2ccccc21. The molecule has 0 radical (unpaired) electrons. The van der Waals surface area contributed by atoms with Crippen molar-refractivity contribution in [3.05, 3.63) is 29.8 Å². The smallest absolute Gasteiger partial charge is 0.308 e. The molecule has 114 valence electrons. The summed E-state index contributed by atoms with van der Waals surface area (Å²) in [5, 5.41) is 9.26. The van der Waals surface area contributed by atoms with Crippen LogP contribution in [0.4, 0.5) is 0 Å². The number of sulfone groups is 1. The lowest BCUT2D eigenvalue weighted by Gasteiger charge is -2.36. The van der Waals surface area contributed by atoms with Crippen LogP contribution in [0.15, 0.2) is 29.2 Å². The topological polar surface area (TPSA) is 74.7 Å². The van der Waals surface area contributed by atoms with Crippen LogP contribution in [0.25, 0.3) is 0 Å². The van der Waals surface area contributed by atoms with Crippen molar-refractivity contribution in [1.82, 2.24) is 4.90 Å². The molecule has 1 saturated heterocycles. The molecule has 1 fully saturated rings. The number of fused-ring (bicyclic) bond motifs is 1. The van der Waals surface area contributed by atoms with Gasteiger partial charge in [0.2, 0.25) is 0 Å². The first kappa shape index (κ1) is 14.5. The lowest BCUT2D eigenvalue weighted by molar-refractivity contribution is -0.142. The average Bonchev–Trinajstić information content (AvgIpc) is 2.81. The molecule has 2 aliphatic heterocycles. The summed E-state index contributed by atoms with van der Waals surface area (Å²) in [7, 11) is -3.19. The van der Waals surface area contributed by atoms with E-state index in [9.17, 15) is 18.3 Å². The van der Waals surface area contributed by atoms with Crippen molar-refractivity contribution in [2.45, 2.75) is 36.7 Å². The molecule has 0 aromatic heterocycles. The Bertz CT molecular complexity index is 670. The van der Waals surface area contributed by atoms with Crippen molar-refractivity contribution < 1.29 is 18.3 Å². The third-order valence-corrected chi connectivity index (χ3v) is 6.61. The minimum atomic E-state index is -3.19. The van der Waals surface area contributed by atoms with Gasteiger partial charge in [-0.3, -0.25) is 9.69 Å². The third-order valence-electron chi connectivity index (χ3n) is 4.79. The van der Waals surface area contributed by atoms with Gasteiger partial charge in [-0.15, -0.1) is 0 Å². The second-order valence-electron chi connectivity index (χ2n) is 5.87. The van der Waals surface area contributed by atoms with Crippen LogP contribution >= 0.6 is 0 Å². The molecule has 1 N–H and O–H groups in total. The quantitative estimate of drug-likeness (QED) is 0.900. The summed E-state index contributed by atoms with van der Waals surface area (Å²) in [6.07, 6.45) is 1.16. The predicted molar refractivity (Wildman–Crippen MR) is 77.8 cm³/mol. The largest absolute Gasteiger partial charge is 0.481 e. The number of aliphatic carboxylic acids is 1. The van der Waals surface area contributed by atoms with Gasteiger partial charge in [-0.1, -0.05) is 18.2 Å². The normalized spacial score (nSPS) is 31.8. The van der Waals surface area contributed by atoms with Crippen LogP contribution in [0.2, 0.25) is 0 Å². The minimum Gasteiger partial charge on any atom is -0.481 e. The molecule has 3 unspecified atom stereocenters. The van der Waals surface area contributed by atoms with Crippen molar-refractivity contribution in [3.63, 3.8) is 0 Å². The second kappa shape index (κ2) is 5.10. The Hall–Kier alpha value is -1.40. The van der Waals surface area contributed by atoms with E-state index in [4.69, 9.17) is 0 Å². The van der Waals surface area contributed by atoms with E-state index in [0.717, 1.165) is 5.56 Å². The Labute approximate surface area is 124 Å². The zero-order valence-electron chi connectivity index (χ0n) is 11.9. The maximum atomic E-state index is 12.2. The van der Waals surface area contributed by atoms with E-state index in [0.29, 0.717) is 24.3 Å². The van der Waals surface area contributed by atoms with E-state index in [1.807, 2.05) is 19.1 Å². The number of likely N-dealkylation sites (tertiary alicyclic amines) is 1. The lowest BCUT2D eigenvalue weighted by Crippen LogP contribution is -2.39. The summed E-state index contributed by atoms with van der Waals surface area (Å²) < 4.78 is 24.3. The van der Waals surface area contributed by atoms with Crippen molar-refractivity contribution in [3.8, 4) is 0 Å². The molecular weight excluding hydrogens is 290 g/mol. The van der Waals surface area contributed by atoms with Gasteiger partial charge in [0, 0.05) is 12.1 Å². The summed E-state index contributed by atoms with van der Waals surface area (Å²) >= 11 is 0. The van der Waals surface area contributed by atoms with Crippen LogP contribution in [-0.2, 0) is 14.6 Å². The maximum Gasteiger partial charge on any atom is 0.308 e. The molecule has 0 saturated carbocycles. The van der Waals surface area contributed by atoms with Gasteiger partial charge in [0.25, 0.3) is 0 Å². The van der Waals surface area contributed by atoms with Gasteiger partial charge >= 0.3 is 5.97 Å². The molecule has 5 nitrogen and oxygen atoms in total. The number of benzene rings is 1. The zero-order chi connectivity index (χ0) is 15.2. The van der Waals surface area contributed by atoms with E-state index in [2.05, 4.69) is 4.90 Å². The maximum absolute atomic E-state index is 12.2. The van der Waals surface area contributed by atoms with E-state index in [1.54, 1.807) is 12.1 Å². The Balaban J connectivity index is 1.97. The summed E-state index contributed by atoms with van der Waals surface area (Å²) in [5.41, 5.74) is 0.821. The summed E-state index contributed by atoms with van der Waals surface area (Å²) in [4.78, 5) is 13.8. The van der Waals surface area contributed by atoms with E-state index < -0.39 is 15.8 Å². The molecule has 1 aromatic rings. The molecule has 3 atom stereocenters. The molecule has 0 amide bonds. The highest BCUT2D eigenvalue weighted by Gasteiger charge is 2.42. The fraction of sp³-hybridized carbons (Fsp3) is 0.533. The van der Waals surface area contributed by atoms with Crippen molar-refractivity contribution in [2.75, 3.05) is 12.3 Å². The van der Waals surface area contributed by atoms with Gasteiger partial charge in [-0.25, -0.2) is 8.42 Å². The number of carboxylic acid groups (broad SMARTS) is 1. The molecule has 3 rings (SSSR count). The molecule has 0 bridgehead atoms. The van der Waals surface area contributed by atoms with Gasteiger partial charge in [-0.2, -0.15) is 0 Å². The Morgan fingerprint density at radius 1 is 1.29 bits per heavy atom. The van der Waals surface area contributed by atoms with Crippen LogP contribution in [0, 0.1) is 5.92 Å². The first-order chi connectivity index (χ1) is 9.92. The third kappa shape index (κ3) is 2.36. The van der Waals surface area contributed by atoms with Gasteiger partial charge < -0.3 is 5.11 Å². The highest BCUT2D eigenvalue weighted by atomic mass is 32.2. The first-order valence-electron chi connectivity index (χ1n) is 7.22. The van der Waals surface area contributed by atoms with E-state index in [1.165, 1.54) is 0 Å². The van der Waals surface area contributed by atoms with Crippen LogP contribution < -0.4 is 0 Å². The molecule has 21 heavy (non-hydrogen) atoms. The lowest BCUT2D eigenvalue weighted by atomic mass is 9.98. The molecule has 6 heteroatoms. The number of hydrogen-bond donors (Lipinski definition) is 1. The van der Waals surface area contributed by atoms with Crippen molar-refractivity contribution in [2.24, 2.45) is 5.92 Å².